The number of aromatic nitrogens is 2. The quantitative estimate of drug-likeness (QED) is 0.815. The number of aryl methyl sites for hydroxylation is 1. The number of morpholine rings is 1. The van der Waals surface area contributed by atoms with Crippen LogP contribution in [0.25, 0.3) is 0 Å². The summed E-state index contributed by atoms with van der Waals surface area (Å²) in [6, 6.07) is 0. The Labute approximate surface area is 108 Å². The Balaban J connectivity index is 1.81. The second-order valence-corrected chi connectivity index (χ2v) is 4.78. The van der Waals surface area contributed by atoms with Crippen LogP contribution in [0.15, 0.2) is 6.20 Å². The maximum absolute atomic E-state index is 5.34. The van der Waals surface area contributed by atoms with Crippen molar-refractivity contribution in [2.75, 3.05) is 32.8 Å². The van der Waals surface area contributed by atoms with E-state index in [0.717, 1.165) is 57.0 Å². The number of nitrogens with zero attached hydrogens (tertiary/aromatic N) is 2. The van der Waals surface area contributed by atoms with Gasteiger partial charge in [-0.25, -0.2) is 0 Å². The van der Waals surface area contributed by atoms with Crippen LogP contribution in [-0.2, 0) is 17.7 Å². The minimum absolute atomic E-state index is 0.851. The van der Waals surface area contributed by atoms with E-state index in [9.17, 15) is 0 Å². The normalized spacial score (nSPS) is 17.5. The van der Waals surface area contributed by atoms with Gasteiger partial charge in [-0.3, -0.25) is 4.90 Å². The van der Waals surface area contributed by atoms with E-state index in [1.54, 1.807) is 0 Å². The van der Waals surface area contributed by atoms with E-state index >= 15 is 0 Å². The molecule has 96 valence electrons. The molecule has 0 spiro atoms. The number of H-pyrrole nitrogens is 1. The van der Waals surface area contributed by atoms with Gasteiger partial charge in [0.15, 0.2) is 4.77 Å². The van der Waals surface area contributed by atoms with E-state index in [4.69, 9.17) is 17.0 Å². The van der Waals surface area contributed by atoms with E-state index in [1.807, 2.05) is 6.20 Å². The van der Waals surface area contributed by atoms with Gasteiger partial charge in [0.1, 0.15) is 0 Å². The standard InChI is InChI=1S/C12H21N3OS/c1-2-11-10-13-12(17)15(11)5-3-4-14-6-8-16-9-7-14/h10H,2-9H2,1H3,(H,13,17). The molecule has 17 heavy (non-hydrogen) atoms. The third-order valence-corrected chi connectivity index (χ3v) is 3.61. The summed E-state index contributed by atoms with van der Waals surface area (Å²) in [7, 11) is 0. The van der Waals surface area contributed by atoms with Crippen molar-refractivity contribution in [2.45, 2.75) is 26.3 Å². The predicted molar refractivity (Wildman–Crippen MR) is 70.9 cm³/mol. The molecule has 0 saturated carbocycles. The maximum Gasteiger partial charge on any atom is 0.177 e. The molecule has 1 saturated heterocycles. The van der Waals surface area contributed by atoms with Crippen LogP contribution < -0.4 is 0 Å². The molecule has 0 atom stereocenters. The molecular weight excluding hydrogens is 234 g/mol. The molecule has 0 radical (unpaired) electrons. The Bertz CT molecular complexity index is 393. The molecule has 0 amide bonds. The molecule has 2 rings (SSSR count). The second kappa shape index (κ2) is 6.33. The number of hydrogen-bond donors (Lipinski definition) is 1. The SMILES string of the molecule is CCc1c[nH]c(=S)n1CCCN1CCOCC1. The van der Waals surface area contributed by atoms with Gasteiger partial charge in [-0.05, 0) is 25.1 Å². The van der Waals surface area contributed by atoms with Crippen molar-refractivity contribution in [3.05, 3.63) is 16.7 Å². The van der Waals surface area contributed by atoms with Crippen LogP contribution >= 0.6 is 12.2 Å². The lowest BCUT2D eigenvalue weighted by Gasteiger charge is -2.26. The van der Waals surface area contributed by atoms with Crippen LogP contribution in [0.3, 0.4) is 0 Å². The van der Waals surface area contributed by atoms with Crippen LogP contribution in [0.4, 0.5) is 0 Å². The van der Waals surface area contributed by atoms with Gasteiger partial charge < -0.3 is 14.3 Å². The molecule has 1 aliphatic rings. The van der Waals surface area contributed by atoms with Crippen molar-refractivity contribution in [1.82, 2.24) is 14.5 Å². The predicted octanol–water partition coefficient (Wildman–Crippen LogP) is 1.83. The fourth-order valence-electron chi connectivity index (χ4n) is 2.25. The molecule has 0 bridgehead atoms. The van der Waals surface area contributed by atoms with E-state index < -0.39 is 0 Å². The summed E-state index contributed by atoms with van der Waals surface area (Å²) in [5, 5.41) is 0. The van der Waals surface area contributed by atoms with Crippen molar-refractivity contribution < 1.29 is 4.74 Å². The number of hydrogen-bond acceptors (Lipinski definition) is 3. The van der Waals surface area contributed by atoms with Crippen molar-refractivity contribution >= 4 is 12.2 Å². The molecular formula is C12H21N3OS. The molecule has 0 unspecified atom stereocenters. The highest BCUT2D eigenvalue weighted by atomic mass is 32.1. The van der Waals surface area contributed by atoms with Gasteiger partial charge in [0.25, 0.3) is 0 Å². The third kappa shape index (κ3) is 3.40. The zero-order valence-corrected chi connectivity index (χ0v) is 11.3. The van der Waals surface area contributed by atoms with Crippen molar-refractivity contribution in [3.63, 3.8) is 0 Å². The smallest absolute Gasteiger partial charge is 0.177 e. The fraction of sp³-hybridized carbons (Fsp3) is 0.750. The van der Waals surface area contributed by atoms with Gasteiger partial charge in [-0.1, -0.05) is 6.92 Å². The summed E-state index contributed by atoms with van der Waals surface area (Å²) in [4.78, 5) is 5.58. The number of ether oxygens (including phenoxy) is 1. The third-order valence-electron chi connectivity index (χ3n) is 3.28. The van der Waals surface area contributed by atoms with Gasteiger partial charge in [0.05, 0.1) is 13.2 Å². The van der Waals surface area contributed by atoms with Crippen LogP contribution in [-0.4, -0.2) is 47.3 Å². The Hall–Kier alpha value is -0.650. The lowest BCUT2D eigenvalue weighted by atomic mass is 10.3. The fourth-order valence-corrected chi connectivity index (χ4v) is 2.51. The molecule has 4 nitrogen and oxygen atoms in total. The topological polar surface area (TPSA) is 33.2 Å². The molecule has 0 aliphatic carbocycles. The van der Waals surface area contributed by atoms with Gasteiger partial charge in [-0.2, -0.15) is 0 Å². The lowest BCUT2D eigenvalue weighted by Crippen LogP contribution is -2.37. The van der Waals surface area contributed by atoms with Crippen LogP contribution in [0.1, 0.15) is 19.0 Å². The summed E-state index contributed by atoms with van der Waals surface area (Å²) in [6.07, 6.45) is 4.21. The van der Waals surface area contributed by atoms with E-state index in [1.165, 1.54) is 5.69 Å². The van der Waals surface area contributed by atoms with E-state index in [2.05, 4.69) is 21.4 Å². The lowest BCUT2D eigenvalue weighted by molar-refractivity contribution is 0.0369. The molecule has 1 aromatic rings. The number of nitrogens with one attached hydrogen (secondary N) is 1. The molecule has 1 N–H and O–H groups in total. The Kier molecular flexibility index (Phi) is 4.76. The highest BCUT2D eigenvalue weighted by Gasteiger charge is 2.10. The summed E-state index contributed by atoms with van der Waals surface area (Å²) >= 11 is 5.28. The first-order valence-corrected chi connectivity index (χ1v) is 6.79. The Morgan fingerprint density at radius 2 is 2.12 bits per heavy atom. The van der Waals surface area contributed by atoms with Gasteiger partial charge in [0, 0.05) is 38.1 Å². The monoisotopic (exact) mass is 255 g/mol. The maximum atomic E-state index is 5.34. The van der Waals surface area contributed by atoms with Crippen LogP contribution in [0.2, 0.25) is 0 Å². The zero-order chi connectivity index (χ0) is 12.1. The highest BCUT2D eigenvalue weighted by molar-refractivity contribution is 7.71. The molecule has 1 aromatic heterocycles. The number of rotatable bonds is 5. The molecule has 1 aliphatic heterocycles. The van der Waals surface area contributed by atoms with E-state index in [-0.39, 0.29) is 0 Å². The largest absolute Gasteiger partial charge is 0.379 e. The van der Waals surface area contributed by atoms with Crippen molar-refractivity contribution in [1.29, 1.82) is 0 Å². The molecule has 2 heterocycles. The van der Waals surface area contributed by atoms with Gasteiger partial charge in [0.2, 0.25) is 0 Å². The van der Waals surface area contributed by atoms with Gasteiger partial charge >= 0.3 is 0 Å². The zero-order valence-electron chi connectivity index (χ0n) is 10.4. The number of aromatic amines is 1. The first-order chi connectivity index (χ1) is 8.31. The average molecular weight is 255 g/mol. The van der Waals surface area contributed by atoms with Crippen LogP contribution in [0.5, 0.6) is 0 Å². The minimum Gasteiger partial charge on any atom is -0.379 e. The molecule has 5 heteroatoms. The summed E-state index contributed by atoms with van der Waals surface area (Å²) < 4.78 is 8.41. The first kappa shape index (κ1) is 12.8. The Morgan fingerprint density at radius 1 is 1.35 bits per heavy atom. The van der Waals surface area contributed by atoms with Crippen LogP contribution in [0, 0.1) is 4.77 Å². The minimum atomic E-state index is 0.851. The summed E-state index contributed by atoms with van der Waals surface area (Å²) in [6.45, 7) is 8.21. The number of imidazole rings is 1. The average Bonchev–Trinajstić information content (AvgIpc) is 2.72. The molecule has 1 fully saturated rings. The van der Waals surface area contributed by atoms with Crippen molar-refractivity contribution in [2.24, 2.45) is 0 Å². The van der Waals surface area contributed by atoms with Gasteiger partial charge in [-0.15, -0.1) is 0 Å². The highest BCUT2D eigenvalue weighted by Crippen LogP contribution is 2.05. The summed E-state index contributed by atoms with van der Waals surface area (Å²) in [5.74, 6) is 0. The molecule has 0 aromatic carbocycles. The first-order valence-electron chi connectivity index (χ1n) is 6.38. The summed E-state index contributed by atoms with van der Waals surface area (Å²) in [5.41, 5.74) is 1.30. The second-order valence-electron chi connectivity index (χ2n) is 4.40. The Morgan fingerprint density at radius 3 is 2.82 bits per heavy atom. The van der Waals surface area contributed by atoms with Crippen molar-refractivity contribution in [3.8, 4) is 0 Å². The van der Waals surface area contributed by atoms with E-state index in [0.29, 0.717) is 0 Å².